The zero-order chi connectivity index (χ0) is 15.0. The molecule has 0 aliphatic carbocycles. The lowest BCUT2D eigenvalue weighted by Crippen LogP contribution is -2.30. The molecular weight excluding hydrogens is 314 g/mol. The highest BCUT2D eigenvalue weighted by atomic mass is 79.9. The average molecular weight is 342 g/mol. The van der Waals surface area contributed by atoms with E-state index in [9.17, 15) is 0 Å². The molecule has 1 aromatic rings. The van der Waals surface area contributed by atoms with Crippen LogP contribution in [-0.2, 0) is 6.42 Å². The SMILES string of the molecule is CCCNCC(C)(C)CCc1cc(Br)ccc1OCC. The molecule has 1 rings (SSSR count). The van der Waals surface area contributed by atoms with Gasteiger partial charge in [0.2, 0.25) is 0 Å². The fraction of sp³-hybridized carbons (Fsp3) is 0.647. The third-order valence-electron chi connectivity index (χ3n) is 3.42. The van der Waals surface area contributed by atoms with Crippen LogP contribution in [0.3, 0.4) is 0 Å². The molecule has 3 heteroatoms. The Hall–Kier alpha value is -0.540. The van der Waals surface area contributed by atoms with E-state index in [1.165, 1.54) is 12.0 Å². The fourth-order valence-corrected chi connectivity index (χ4v) is 2.61. The number of halogens is 1. The Morgan fingerprint density at radius 2 is 2.00 bits per heavy atom. The lowest BCUT2D eigenvalue weighted by atomic mass is 9.86. The molecule has 0 atom stereocenters. The topological polar surface area (TPSA) is 21.3 Å². The van der Waals surface area contributed by atoms with Gasteiger partial charge in [0.1, 0.15) is 5.75 Å². The van der Waals surface area contributed by atoms with Gasteiger partial charge in [0.25, 0.3) is 0 Å². The highest BCUT2D eigenvalue weighted by molar-refractivity contribution is 9.10. The van der Waals surface area contributed by atoms with Gasteiger partial charge in [0.15, 0.2) is 0 Å². The Bertz CT molecular complexity index is 404. The maximum Gasteiger partial charge on any atom is 0.122 e. The summed E-state index contributed by atoms with van der Waals surface area (Å²) < 4.78 is 6.84. The second kappa shape index (κ2) is 8.68. The monoisotopic (exact) mass is 341 g/mol. The summed E-state index contributed by atoms with van der Waals surface area (Å²) in [7, 11) is 0. The van der Waals surface area contributed by atoms with E-state index in [1.54, 1.807) is 0 Å². The maximum atomic E-state index is 5.72. The molecule has 0 saturated carbocycles. The Morgan fingerprint density at radius 3 is 2.65 bits per heavy atom. The molecule has 0 aliphatic rings. The predicted octanol–water partition coefficient (Wildman–Crippen LogP) is 4.81. The van der Waals surface area contributed by atoms with E-state index < -0.39 is 0 Å². The van der Waals surface area contributed by atoms with Crippen LogP contribution in [0, 0.1) is 5.41 Å². The van der Waals surface area contributed by atoms with Gasteiger partial charge < -0.3 is 10.1 Å². The van der Waals surface area contributed by atoms with Gasteiger partial charge in [-0.05, 0) is 61.9 Å². The molecule has 1 aromatic carbocycles. The van der Waals surface area contributed by atoms with Crippen LogP contribution < -0.4 is 10.1 Å². The first kappa shape index (κ1) is 17.5. The minimum absolute atomic E-state index is 0.307. The quantitative estimate of drug-likeness (QED) is 0.651. The molecule has 20 heavy (non-hydrogen) atoms. The smallest absolute Gasteiger partial charge is 0.122 e. The third kappa shape index (κ3) is 6.27. The van der Waals surface area contributed by atoms with Crippen molar-refractivity contribution in [2.75, 3.05) is 19.7 Å². The van der Waals surface area contributed by atoms with E-state index >= 15 is 0 Å². The van der Waals surface area contributed by atoms with Crippen LogP contribution in [0.15, 0.2) is 22.7 Å². The number of rotatable bonds is 9. The van der Waals surface area contributed by atoms with Crippen LogP contribution in [0.5, 0.6) is 5.75 Å². The summed E-state index contributed by atoms with van der Waals surface area (Å²) in [5.41, 5.74) is 1.60. The zero-order valence-corrected chi connectivity index (χ0v) is 14.8. The van der Waals surface area contributed by atoms with E-state index in [0.29, 0.717) is 5.41 Å². The van der Waals surface area contributed by atoms with E-state index in [4.69, 9.17) is 4.74 Å². The molecule has 1 N–H and O–H groups in total. The lowest BCUT2D eigenvalue weighted by molar-refractivity contribution is 0.307. The Morgan fingerprint density at radius 1 is 1.25 bits per heavy atom. The van der Waals surface area contributed by atoms with E-state index in [-0.39, 0.29) is 0 Å². The summed E-state index contributed by atoms with van der Waals surface area (Å²) in [5, 5.41) is 3.52. The van der Waals surface area contributed by atoms with Crippen molar-refractivity contribution in [2.24, 2.45) is 5.41 Å². The van der Waals surface area contributed by atoms with Crippen molar-refractivity contribution in [1.29, 1.82) is 0 Å². The Balaban J connectivity index is 2.61. The number of hydrogen-bond acceptors (Lipinski definition) is 2. The van der Waals surface area contributed by atoms with Gasteiger partial charge in [-0.3, -0.25) is 0 Å². The van der Waals surface area contributed by atoms with Crippen molar-refractivity contribution in [1.82, 2.24) is 5.32 Å². The number of nitrogens with one attached hydrogen (secondary N) is 1. The summed E-state index contributed by atoms with van der Waals surface area (Å²) in [6.07, 6.45) is 3.39. The van der Waals surface area contributed by atoms with Crippen molar-refractivity contribution in [3.63, 3.8) is 0 Å². The minimum Gasteiger partial charge on any atom is -0.494 e. The summed E-state index contributed by atoms with van der Waals surface area (Å²) in [6.45, 7) is 11.8. The summed E-state index contributed by atoms with van der Waals surface area (Å²) in [6, 6.07) is 6.29. The molecule has 2 nitrogen and oxygen atoms in total. The molecule has 0 unspecified atom stereocenters. The van der Waals surface area contributed by atoms with Gasteiger partial charge in [0, 0.05) is 11.0 Å². The van der Waals surface area contributed by atoms with Crippen LogP contribution in [0.2, 0.25) is 0 Å². The molecule has 114 valence electrons. The van der Waals surface area contributed by atoms with E-state index in [1.807, 2.05) is 13.0 Å². The third-order valence-corrected chi connectivity index (χ3v) is 3.92. The van der Waals surface area contributed by atoms with Crippen LogP contribution in [0.4, 0.5) is 0 Å². The van der Waals surface area contributed by atoms with Gasteiger partial charge in [-0.2, -0.15) is 0 Å². The number of hydrogen-bond donors (Lipinski definition) is 1. The molecular formula is C17H28BrNO. The molecule has 0 aliphatic heterocycles. The largest absolute Gasteiger partial charge is 0.494 e. The first-order valence-electron chi connectivity index (χ1n) is 7.60. The van der Waals surface area contributed by atoms with Gasteiger partial charge in [-0.1, -0.05) is 36.7 Å². The lowest BCUT2D eigenvalue weighted by Gasteiger charge is -2.25. The molecule has 0 fully saturated rings. The number of benzene rings is 1. The van der Waals surface area contributed by atoms with Crippen LogP contribution in [0.1, 0.15) is 46.1 Å². The van der Waals surface area contributed by atoms with Crippen LogP contribution >= 0.6 is 15.9 Å². The number of aryl methyl sites for hydroxylation is 1. The van der Waals surface area contributed by atoms with Crippen LogP contribution in [0.25, 0.3) is 0 Å². The highest BCUT2D eigenvalue weighted by Gasteiger charge is 2.18. The summed E-state index contributed by atoms with van der Waals surface area (Å²) >= 11 is 3.55. The van der Waals surface area contributed by atoms with Crippen molar-refractivity contribution < 1.29 is 4.74 Å². The van der Waals surface area contributed by atoms with Crippen molar-refractivity contribution >= 4 is 15.9 Å². The average Bonchev–Trinajstić information content (AvgIpc) is 2.39. The second-order valence-corrected chi connectivity index (χ2v) is 6.94. The zero-order valence-electron chi connectivity index (χ0n) is 13.3. The second-order valence-electron chi connectivity index (χ2n) is 6.03. The molecule has 0 heterocycles. The molecule has 0 spiro atoms. The van der Waals surface area contributed by atoms with Gasteiger partial charge in [0.05, 0.1) is 6.61 Å². The maximum absolute atomic E-state index is 5.72. The summed E-state index contributed by atoms with van der Waals surface area (Å²) in [4.78, 5) is 0. The first-order valence-corrected chi connectivity index (χ1v) is 8.39. The molecule has 0 bridgehead atoms. The fourth-order valence-electron chi connectivity index (χ4n) is 2.20. The normalized spacial score (nSPS) is 11.7. The molecule has 0 saturated heterocycles. The number of ether oxygens (including phenoxy) is 1. The van der Waals surface area contributed by atoms with Gasteiger partial charge in [-0.15, -0.1) is 0 Å². The van der Waals surface area contributed by atoms with Crippen molar-refractivity contribution in [2.45, 2.75) is 47.0 Å². The first-order chi connectivity index (χ1) is 9.48. The molecule has 0 radical (unpaired) electrons. The Labute approximate surface area is 132 Å². The molecule has 0 aromatic heterocycles. The summed E-state index contributed by atoms with van der Waals surface area (Å²) in [5.74, 6) is 1.02. The van der Waals surface area contributed by atoms with Crippen molar-refractivity contribution in [3.8, 4) is 5.75 Å². The van der Waals surface area contributed by atoms with Crippen LogP contribution in [-0.4, -0.2) is 19.7 Å². The predicted molar refractivity (Wildman–Crippen MR) is 90.6 cm³/mol. The van der Waals surface area contributed by atoms with Gasteiger partial charge in [-0.25, -0.2) is 0 Å². The molecule has 0 amide bonds. The standard InChI is InChI=1S/C17H28BrNO/c1-5-11-19-13-17(3,4)10-9-14-12-15(18)7-8-16(14)20-6-2/h7-8,12,19H,5-6,9-11,13H2,1-4H3. The van der Waals surface area contributed by atoms with E-state index in [0.717, 1.165) is 42.8 Å². The Kier molecular flexibility index (Phi) is 7.60. The van der Waals surface area contributed by atoms with E-state index in [2.05, 4.69) is 54.2 Å². The minimum atomic E-state index is 0.307. The highest BCUT2D eigenvalue weighted by Crippen LogP contribution is 2.28. The van der Waals surface area contributed by atoms with Crippen molar-refractivity contribution in [3.05, 3.63) is 28.2 Å². The van der Waals surface area contributed by atoms with Gasteiger partial charge >= 0.3 is 0 Å².